The Hall–Kier alpha value is -2.69. The summed E-state index contributed by atoms with van der Waals surface area (Å²) in [7, 11) is 1.61. The predicted octanol–water partition coefficient (Wildman–Crippen LogP) is 3.42. The first-order chi connectivity index (χ1) is 15.0. The van der Waals surface area contributed by atoms with Gasteiger partial charge in [-0.15, -0.1) is 12.3 Å². The summed E-state index contributed by atoms with van der Waals surface area (Å²) >= 11 is 0. The average molecular weight is 424 g/mol. The number of hydrogen-bond donors (Lipinski definition) is 2. The SMILES string of the molecule is C#CCC1(O)CCC(C(=O)Nc2cnc3c(C4CCOCC4)ccc(OC)c3n2)CC1. The Morgan fingerprint density at radius 1 is 1.29 bits per heavy atom. The molecule has 1 aliphatic heterocycles. The van der Waals surface area contributed by atoms with Gasteiger partial charge in [0.25, 0.3) is 0 Å². The quantitative estimate of drug-likeness (QED) is 0.716. The summed E-state index contributed by atoms with van der Waals surface area (Å²) in [5.41, 5.74) is 1.75. The highest BCUT2D eigenvalue weighted by Gasteiger charge is 2.35. The zero-order valence-electron chi connectivity index (χ0n) is 17.9. The third-order valence-electron chi connectivity index (χ3n) is 6.54. The molecule has 2 aromatic rings. The third-order valence-corrected chi connectivity index (χ3v) is 6.54. The fourth-order valence-electron chi connectivity index (χ4n) is 4.67. The van der Waals surface area contributed by atoms with Crippen LogP contribution >= 0.6 is 0 Å². The molecule has 0 bridgehead atoms. The van der Waals surface area contributed by atoms with Crippen molar-refractivity contribution in [3.05, 3.63) is 23.9 Å². The van der Waals surface area contributed by atoms with Crippen molar-refractivity contribution in [2.45, 2.75) is 56.5 Å². The summed E-state index contributed by atoms with van der Waals surface area (Å²) in [6.07, 6.45) is 11.4. The van der Waals surface area contributed by atoms with Crippen LogP contribution in [0.25, 0.3) is 11.0 Å². The molecule has 0 spiro atoms. The summed E-state index contributed by atoms with van der Waals surface area (Å²) in [6, 6.07) is 3.98. The van der Waals surface area contributed by atoms with E-state index in [1.54, 1.807) is 13.3 Å². The Kier molecular flexibility index (Phi) is 6.40. The van der Waals surface area contributed by atoms with Crippen LogP contribution in [0, 0.1) is 18.3 Å². The van der Waals surface area contributed by atoms with Crippen molar-refractivity contribution in [1.29, 1.82) is 0 Å². The number of carbonyl (C=O) groups is 1. The van der Waals surface area contributed by atoms with Gasteiger partial charge in [-0.25, -0.2) is 4.98 Å². The Labute approximate surface area is 182 Å². The lowest BCUT2D eigenvalue weighted by Gasteiger charge is -2.34. The standard InChI is InChI=1S/C24H29N3O4/c1-3-10-24(29)11-6-17(7-12-24)23(28)27-20-15-25-21-18(16-8-13-31-14-9-16)4-5-19(30-2)22(21)26-20/h1,4-5,15-17,29H,6-14H2,2H3,(H,26,27,28). The molecular formula is C24H29N3O4. The molecule has 31 heavy (non-hydrogen) atoms. The molecule has 1 aliphatic carbocycles. The van der Waals surface area contributed by atoms with Gasteiger partial charge in [0.15, 0.2) is 5.82 Å². The fraction of sp³-hybridized carbons (Fsp3) is 0.542. The highest BCUT2D eigenvalue weighted by molar-refractivity contribution is 5.93. The number of anilines is 1. The number of hydrogen-bond acceptors (Lipinski definition) is 6. The molecule has 2 N–H and O–H groups in total. The van der Waals surface area contributed by atoms with Crippen LogP contribution in [0.3, 0.4) is 0 Å². The molecule has 0 radical (unpaired) electrons. The van der Waals surface area contributed by atoms with Crippen molar-refractivity contribution in [3.63, 3.8) is 0 Å². The number of benzene rings is 1. The molecule has 1 aromatic carbocycles. The number of fused-ring (bicyclic) bond motifs is 1. The minimum absolute atomic E-state index is 0.101. The van der Waals surface area contributed by atoms with E-state index in [0.717, 1.165) is 37.1 Å². The number of carbonyl (C=O) groups excluding carboxylic acids is 1. The number of ether oxygens (including phenoxy) is 2. The van der Waals surface area contributed by atoms with Gasteiger partial charge >= 0.3 is 0 Å². The molecule has 1 amide bonds. The van der Waals surface area contributed by atoms with Gasteiger partial charge in [0, 0.05) is 25.6 Å². The molecule has 1 saturated heterocycles. The number of amides is 1. The second kappa shape index (κ2) is 9.21. The predicted molar refractivity (Wildman–Crippen MR) is 118 cm³/mol. The van der Waals surface area contributed by atoms with Crippen molar-refractivity contribution in [2.75, 3.05) is 25.6 Å². The van der Waals surface area contributed by atoms with Crippen LogP contribution in [0.4, 0.5) is 5.82 Å². The zero-order chi connectivity index (χ0) is 21.8. The molecule has 1 aromatic heterocycles. The van der Waals surface area contributed by atoms with Gasteiger partial charge in [0.2, 0.25) is 5.91 Å². The maximum atomic E-state index is 12.8. The molecule has 7 heteroatoms. The van der Waals surface area contributed by atoms with E-state index in [-0.39, 0.29) is 11.8 Å². The summed E-state index contributed by atoms with van der Waals surface area (Å²) < 4.78 is 11.0. The maximum Gasteiger partial charge on any atom is 0.228 e. The molecule has 2 fully saturated rings. The number of aliphatic hydroxyl groups is 1. The molecular weight excluding hydrogens is 394 g/mol. The first-order valence-electron chi connectivity index (χ1n) is 10.9. The molecule has 2 aliphatic rings. The zero-order valence-corrected chi connectivity index (χ0v) is 17.9. The van der Waals surface area contributed by atoms with E-state index in [2.05, 4.69) is 27.3 Å². The van der Waals surface area contributed by atoms with Gasteiger partial charge < -0.3 is 19.9 Å². The second-order valence-electron chi connectivity index (χ2n) is 8.56. The first kappa shape index (κ1) is 21.5. The van der Waals surface area contributed by atoms with Crippen LogP contribution < -0.4 is 10.1 Å². The lowest BCUT2D eigenvalue weighted by atomic mass is 9.77. The number of methoxy groups -OCH3 is 1. The Morgan fingerprint density at radius 2 is 2.03 bits per heavy atom. The van der Waals surface area contributed by atoms with Crippen LogP contribution in [-0.2, 0) is 9.53 Å². The minimum Gasteiger partial charge on any atom is -0.494 e. The normalized spacial score (nSPS) is 24.5. The van der Waals surface area contributed by atoms with Gasteiger partial charge in [-0.1, -0.05) is 6.07 Å². The highest BCUT2D eigenvalue weighted by Crippen LogP contribution is 2.36. The molecule has 7 nitrogen and oxygen atoms in total. The maximum absolute atomic E-state index is 12.8. The molecule has 164 valence electrons. The minimum atomic E-state index is -0.845. The third kappa shape index (κ3) is 4.65. The Balaban J connectivity index is 1.52. The molecule has 0 unspecified atom stereocenters. The number of nitrogens with zero attached hydrogens (tertiary/aromatic N) is 2. The summed E-state index contributed by atoms with van der Waals surface area (Å²) in [5, 5.41) is 13.4. The number of terminal acetylenes is 1. The van der Waals surface area contributed by atoms with Crippen LogP contribution in [0.2, 0.25) is 0 Å². The fourth-order valence-corrected chi connectivity index (χ4v) is 4.67. The van der Waals surface area contributed by atoms with Crippen LogP contribution in [0.1, 0.15) is 56.4 Å². The smallest absolute Gasteiger partial charge is 0.228 e. The van der Waals surface area contributed by atoms with Crippen molar-refractivity contribution >= 4 is 22.8 Å². The average Bonchev–Trinajstić information content (AvgIpc) is 2.79. The molecule has 1 saturated carbocycles. The Bertz CT molecular complexity index is 986. The van der Waals surface area contributed by atoms with Crippen LogP contribution in [0.15, 0.2) is 18.3 Å². The topological polar surface area (TPSA) is 93.6 Å². The highest BCUT2D eigenvalue weighted by atomic mass is 16.5. The van der Waals surface area contributed by atoms with Gasteiger partial charge in [-0.2, -0.15) is 0 Å². The van der Waals surface area contributed by atoms with E-state index in [1.165, 1.54) is 0 Å². The van der Waals surface area contributed by atoms with Crippen molar-refractivity contribution in [1.82, 2.24) is 9.97 Å². The van der Waals surface area contributed by atoms with E-state index < -0.39 is 5.60 Å². The van der Waals surface area contributed by atoms with Gasteiger partial charge in [0.1, 0.15) is 11.3 Å². The van der Waals surface area contributed by atoms with Crippen molar-refractivity contribution in [2.24, 2.45) is 5.92 Å². The molecule has 4 rings (SSSR count). The largest absolute Gasteiger partial charge is 0.494 e. The summed E-state index contributed by atoms with van der Waals surface area (Å²) in [5.74, 6) is 3.67. The van der Waals surface area contributed by atoms with E-state index in [9.17, 15) is 9.90 Å². The monoisotopic (exact) mass is 423 g/mol. The number of aromatic nitrogens is 2. The van der Waals surface area contributed by atoms with E-state index >= 15 is 0 Å². The van der Waals surface area contributed by atoms with Crippen molar-refractivity contribution < 1.29 is 19.4 Å². The molecule has 2 heterocycles. The van der Waals surface area contributed by atoms with Crippen LogP contribution in [-0.4, -0.2) is 46.9 Å². The van der Waals surface area contributed by atoms with Crippen molar-refractivity contribution in [3.8, 4) is 18.1 Å². The Morgan fingerprint density at radius 3 is 2.71 bits per heavy atom. The van der Waals surface area contributed by atoms with E-state index in [1.807, 2.05) is 6.07 Å². The first-order valence-corrected chi connectivity index (χ1v) is 10.9. The number of rotatable bonds is 5. The number of nitrogens with one attached hydrogen (secondary N) is 1. The van der Waals surface area contributed by atoms with Gasteiger partial charge in [-0.3, -0.25) is 9.78 Å². The molecule has 0 atom stereocenters. The summed E-state index contributed by atoms with van der Waals surface area (Å²) in [4.78, 5) is 22.1. The second-order valence-corrected chi connectivity index (χ2v) is 8.56. The van der Waals surface area contributed by atoms with Crippen LogP contribution in [0.5, 0.6) is 5.75 Å². The van der Waals surface area contributed by atoms with Gasteiger partial charge in [-0.05, 0) is 56.1 Å². The van der Waals surface area contributed by atoms with Gasteiger partial charge in [0.05, 0.1) is 24.4 Å². The van der Waals surface area contributed by atoms with E-state index in [0.29, 0.717) is 55.1 Å². The lowest BCUT2D eigenvalue weighted by molar-refractivity contribution is -0.122. The summed E-state index contributed by atoms with van der Waals surface area (Å²) in [6.45, 7) is 1.50. The van der Waals surface area contributed by atoms with E-state index in [4.69, 9.17) is 15.9 Å². The lowest BCUT2D eigenvalue weighted by Crippen LogP contribution is -2.37.